The van der Waals surface area contributed by atoms with Crippen molar-refractivity contribution in [3.63, 3.8) is 0 Å². The lowest BCUT2D eigenvalue weighted by Crippen LogP contribution is -2.61. The first-order valence-corrected chi connectivity index (χ1v) is 24.6. The fraction of sp³-hybridized carbons (Fsp3) is 0.765. The Hall–Kier alpha value is -3.32. The molecule has 6 unspecified atom stereocenters. The van der Waals surface area contributed by atoms with Gasteiger partial charge in [-0.15, -0.1) is 0 Å². The third kappa shape index (κ3) is 31.2. The summed E-state index contributed by atoms with van der Waals surface area (Å²) in [7, 11) is 0. The second kappa shape index (κ2) is 40.2. The normalized spacial score (nSPS) is 19.7. The van der Waals surface area contributed by atoms with Crippen LogP contribution in [-0.4, -0.2) is 89.2 Å². The third-order valence-corrected chi connectivity index (χ3v) is 10.9. The number of aliphatic hydroxyl groups excluding tert-OH is 2. The maximum Gasteiger partial charge on any atom is 0.335 e. The van der Waals surface area contributed by atoms with Crippen LogP contribution in [0.15, 0.2) is 48.6 Å². The molecule has 1 aliphatic rings. The van der Waals surface area contributed by atoms with Crippen LogP contribution >= 0.6 is 0 Å². The van der Waals surface area contributed by atoms with E-state index in [9.17, 15) is 34.5 Å². The quantitative estimate of drug-likeness (QED) is 0.0230. The molecule has 12 heteroatoms. The van der Waals surface area contributed by atoms with Crippen LogP contribution in [0.25, 0.3) is 0 Å². The number of rotatable bonds is 40. The molecule has 3 N–H and O–H groups in total. The summed E-state index contributed by atoms with van der Waals surface area (Å²) in [5.41, 5.74) is 0. The molecule has 63 heavy (non-hydrogen) atoms. The molecule has 0 spiro atoms. The van der Waals surface area contributed by atoms with Crippen molar-refractivity contribution in [1.82, 2.24) is 0 Å². The zero-order valence-electron chi connectivity index (χ0n) is 39.3. The van der Waals surface area contributed by atoms with Gasteiger partial charge in [0.05, 0.1) is 6.61 Å². The molecule has 1 saturated heterocycles. The fourth-order valence-corrected chi connectivity index (χ4v) is 7.12. The predicted molar refractivity (Wildman–Crippen MR) is 248 cm³/mol. The van der Waals surface area contributed by atoms with E-state index in [0.29, 0.717) is 25.7 Å². The van der Waals surface area contributed by atoms with Crippen LogP contribution in [0.4, 0.5) is 0 Å². The molecule has 1 rings (SSSR count). The number of carbonyl (C=O) groups excluding carboxylic acids is 3. The summed E-state index contributed by atoms with van der Waals surface area (Å²) >= 11 is 0. The molecule has 6 atom stereocenters. The van der Waals surface area contributed by atoms with Crippen LogP contribution in [0.2, 0.25) is 0 Å². The predicted octanol–water partition coefficient (Wildman–Crippen LogP) is 11.1. The first-order chi connectivity index (χ1) is 30.6. The highest BCUT2D eigenvalue weighted by Gasteiger charge is 2.50. The molecule has 0 aromatic carbocycles. The lowest BCUT2D eigenvalue weighted by molar-refractivity contribution is -0.301. The molecule has 0 radical (unpaired) electrons. The summed E-state index contributed by atoms with van der Waals surface area (Å²) in [5, 5.41) is 31.2. The fourth-order valence-electron chi connectivity index (χ4n) is 7.12. The van der Waals surface area contributed by atoms with E-state index in [1.54, 1.807) is 0 Å². The standard InChI is InChI=1S/C51H86O12/c1-4-7-10-13-16-19-20-21-22-23-24-27-30-33-36-39-45(54)62-49-47(56)46(55)48(50(57)58)63-51(49)60-41-42(61-44(53)38-35-32-29-26-18-15-12-9-6-3)40-59-43(52)37-34-31-28-25-17-14-11-8-5-2/h7,10,16,19,21-22,24,27,42,46-49,51,55-56H,4-6,8-9,11-15,17-18,20,23,25-26,28-41H2,1-3H3,(H,57,58)/b10-7-,19-16-,22-21-,27-24-. The number of ether oxygens (including phenoxy) is 5. The van der Waals surface area contributed by atoms with Crippen LogP contribution in [-0.2, 0) is 42.9 Å². The molecule has 1 aliphatic heterocycles. The second-order valence-corrected chi connectivity index (χ2v) is 16.7. The molecule has 1 heterocycles. The number of hydrogen-bond donors (Lipinski definition) is 3. The topological polar surface area (TPSA) is 175 Å². The summed E-state index contributed by atoms with van der Waals surface area (Å²) in [4.78, 5) is 50.5. The smallest absolute Gasteiger partial charge is 0.335 e. The zero-order valence-corrected chi connectivity index (χ0v) is 39.3. The van der Waals surface area contributed by atoms with E-state index in [-0.39, 0.29) is 25.9 Å². The van der Waals surface area contributed by atoms with Crippen LogP contribution in [0.3, 0.4) is 0 Å². The van der Waals surface area contributed by atoms with Gasteiger partial charge in [0.15, 0.2) is 24.6 Å². The molecular formula is C51H86O12. The van der Waals surface area contributed by atoms with Crippen molar-refractivity contribution in [2.75, 3.05) is 13.2 Å². The molecule has 0 bridgehead atoms. The Morgan fingerprint density at radius 1 is 0.540 bits per heavy atom. The Kier molecular flexibility index (Phi) is 36.8. The van der Waals surface area contributed by atoms with E-state index in [2.05, 4.69) is 69.4 Å². The molecular weight excluding hydrogens is 805 g/mol. The molecule has 0 aromatic rings. The van der Waals surface area contributed by atoms with Gasteiger partial charge in [-0.2, -0.15) is 0 Å². The van der Waals surface area contributed by atoms with E-state index < -0.39 is 67.3 Å². The number of allylic oxidation sites excluding steroid dienone is 8. The molecule has 362 valence electrons. The zero-order chi connectivity index (χ0) is 46.2. The lowest BCUT2D eigenvalue weighted by Gasteiger charge is -2.40. The summed E-state index contributed by atoms with van der Waals surface area (Å²) in [6.45, 7) is 5.77. The van der Waals surface area contributed by atoms with Gasteiger partial charge >= 0.3 is 23.9 Å². The van der Waals surface area contributed by atoms with E-state index in [0.717, 1.165) is 70.6 Å². The van der Waals surface area contributed by atoms with Crippen molar-refractivity contribution in [3.05, 3.63) is 48.6 Å². The molecule has 1 fully saturated rings. The highest BCUT2D eigenvalue weighted by atomic mass is 16.7. The number of aliphatic hydroxyl groups is 2. The molecule has 12 nitrogen and oxygen atoms in total. The van der Waals surface area contributed by atoms with Gasteiger partial charge in [0.25, 0.3) is 0 Å². The highest BCUT2D eigenvalue weighted by molar-refractivity contribution is 5.74. The summed E-state index contributed by atoms with van der Waals surface area (Å²) < 4.78 is 28.1. The number of carbonyl (C=O) groups is 4. The Labute approximate surface area is 380 Å². The third-order valence-electron chi connectivity index (χ3n) is 10.9. The number of esters is 3. The van der Waals surface area contributed by atoms with Gasteiger partial charge in [0.1, 0.15) is 18.8 Å². The first kappa shape index (κ1) is 57.7. The van der Waals surface area contributed by atoms with Crippen molar-refractivity contribution >= 4 is 23.9 Å². The number of aliphatic carboxylic acids is 1. The highest BCUT2D eigenvalue weighted by Crippen LogP contribution is 2.26. The lowest BCUT2D eigenvalue weighted by atomic mass is 9.98. The van der Waals surface area contributed by atoms with Gasteiger partial charge in [0, 0.05) is 19.3 Å². The SMILES string of the molecule is CC/C=C\C/C=C\C/C=C\C/C=C\CCCCC(=O)OC1C(OCC(COC(=O)CCCCCCCCCCC)OC(=O)CCCCCCCCCCC)OC(C(=O)O)C(O)C1O. The number of carboxylic acid groups (broad SMARTS) is 1. The van der Waals surface area contributed by atoms with Gasteiger partial charge in [-0.1, -0.05) is 172 Å². The van der Waals surface area contributed by atoms with Gasteiger partial charge in [-0.25, -0.2) is 4.79 Å². The molecule has 0 aromatic heterocycles. The van der Waals surface area contributed by atoms with Gasteiger partial charge in [-0.3, -0.25) is 14.4 Å². The maximum atomic E-state index is 13.0. The largest absolute Gasteiger partial charge is 0.479 e. The van der Waals surface area contributed by atoms with Crippen molar-refractivity contribution in [2.24, 2.45) is 0 Å². The second-order valence-electron chi connectivity index (χ2n) is 16.7. The summed E-state index contributed by atoms with van der Waals surface area (Å²) in [6, 6.07) is 0. The van der Waals surface area contributed by atoms with Crippen molar-refractivity contribution in [1.29, 1.82) is 0 Å². The van der Waals surface area contributed by atoms with Crippen molar-refractivity contribution < 1.29 is 58.2 Å². The average molecular weight is 891 g/mol. The van der Waals surface area contributed by atoms with Crippen molar-refractivity contribution in [3.8, 4) is 0 Å². The first-order valence-electron chi connectivity index (χ1n) is 24.6. The van der Waals surface area contributed by atoms with Crippen LogP contribution in [0.1, 0.15) is 201 Å². The number of unbranched alkanes of at least 4 members (excludes halogenated alkanes) is 18. The molecule has 0 amide bonds. The minimum Gasteiger partial charge on any atom is -0.479 e. The van der Waals surface area contributed by atoms with Crippen LogP contribution in [0, 0.1) is 0 Å². The van der Waals surface area contributed by atoms with E-state index in [1.807, 2.05) is 0 Å². The average Bonchev–Trinajstić information content (AvgIpc) is 3.26. The Bertz CT molecular complexity index is 1290. The minimum atomic E-state index is -1.91. The Morgan fingerprint density at radius 2 is 1.00 bits per heavy atom. The Balaban J connectivity index is 2.76. The molecule has 0 saturated carbocycles. The van der Waals surface area contributed by atoms with Crippen molar-refractivity contribution in [2.45, 2.75) is 237 Å². The summed E-state index contributed by atoms with van der Waals surface area (Å²) in [6.07, 6.45) is 32.7. The number of hydrogen-bond acceptors (Lipinski definition) is 11. The van der Waals surface area contributed by atoms with E-state index >= 15 is 0 Å². The maximum absolute atomic E-state index is 13.0. The van der Waals surface area contributed by atoms with Gasteiger partial charge in [-0.05, 0) is 57.8 Å². The van der Waals surface area contributed by atoms with E-state index in [4.69, 9.17) is 23.7 Å². The Morgan fingerprint density at radius 3 is 1.52 bits per heavy atom. The van der Waals surface area contributed by atoms with E-state index in [1.165, 1.54) is 64.2 Å². The summed E-state index contributed by atoms with van der Waals surface area (Å²) in [5.74, 6) is -3.18. The van der Waals surface area contributed by atoms with Crippen LogP contribution < -0.4 is 0 Å². The van der Waals surface area contributed by atoms with Gasteiger partial charge in [0.2, 0.25) is 0 Å². The monoisotopic (exact) mass is 891 g/mol. The van der Waals surface area contributed by atoms with Gasteiger partial charge < -0.3 is 39.0 Å². The number of carboxylic acids is 1. The van der Waals surface area contributed by atoms with Crippen LogP contribution in [0.5, 0.6) is 0 Å². The minimum absolute atomic E-state index is 0.00984. The molecule has 0 aliphatic carbocycles.